The van der Waals surface area contributed by atoms with E-state index in [1.54, 1.807) is 24.5 Å². The minimum Gasteiger partial charge on any atom is -0.468 e. The van der Waals surface area contributed by atoms with E-state index in [0.29, 0.717) is 0 Å². The topological polar surface area (TPSA) is 39.2 Å². The highest BCUT2D eigenvalue weighted by atomic mass is 79.9. The molecule has 1 aromatic heterocycles. The van der Waals surface area contributed by atoms with Crippen molar-refractivity contribution in [3.63, 3.8) is 0 Å². The van der Waals surface area contributed by atoms with Crippen molar-refractivity contribution in [3.8, 4) is 0 Å². The van der Waals surface area contributed by atoms with Gasteiger partial charge in [0.1, 0.15) is 4.83 Å². The molecular weight excluding hydrogens is 222 g/mol. The lowest BCUT2D eigenvalue weighted by Crippen LogP contribution is -2.07. The molecule has 4 heteroatoms. The van der Waals surface area contributed by atoms with Crippen LogP contribution in [-0.2, 0) is 9.53 Å². The molecule has 1 heterocycles. The average Bonchev–Trinajstić information content (AvgIpc) is 2.17. The highest BCUT2D eigenvalue weighted by Gasteiger charge is 2.16. The van der Waals surface area contributed by atoms with Gasteiger partial charge in [0, 0.05) is 12.4 Å². The zero-order valence-corrected chi connectivity index (χ0v) is 8.11. The van der Waals surface area contributed by atoms with Crippen LogP contribution in [0.1, 0.15) is 10.4 Å². The Labute approximate surface area is 78.9 Å². The summed E-state index contributed by atoms with van der Waals surface area (Å²) >= 11 is 3.21. The van der Waals surface area contributed by atoms with E-state index in [4.69, 9.17) is 0 Å². The van der Waals surface area contributed by atoms with Gasteiger partial charge in [0.2, 0.25) is 0 Å². The van der Waals surface area contributed by atoms with Crippen LogP contribution in [0.25, 0.3) is 0 Å². The molecule has 0 aliphatic heterocycles. The Balaban J connectivity index is 2.78. The highest BCUT2D eigenvalue weighted by Crippen LogP contribution is 2.22. The van der Waals surface area contributed by atoms with Crippen molar-refractivity contribution >= 4 is 21.9 Å². The molecule has 0 fully saturated rings. The summed E-state index contributed by atoms with van der Waals surface area (Å²) in [6, 6.07) is 3.52. The molecular formula is C8H8BrNO2. The molecule has 1 atom stereocenters. The predicted molar refractivity (Wildman–Crippen MR) is 47.9 cm³/mol. The average molecular weight is 230 g/mol. The van der Waals surface area contributed by atoms with E-state index in [2.05, 4.69) is 25.7 Å². The number of methoxy groups -OCH3 is 1. The second-order valence-corrected chi connectivity index (χ2v) is 3.08. The van der Waals surface area contributed by atoms with Crippen LogP contribution in [0.15, 0.2) is 24.5 Å². The molecule has 0 aromatic carbocycles. The summed E-state index contributed by atoms with van der Waals surface area (Å²) < 4.78 is 4.56. The van der Waals surface area contributed by atoms with Gasteiger partial charge in [0.15, 0.2) is 0 Å². The summed E-state index contributed by atoms with van der Waals surface area (Å²) in [7, 11) is 1.36. The zero-order chi connectivity index (χ0) is 8.97. The lowest BCUT2D eigenvalue weighted by atomic mass is 10.2. The molecule has 0 N–H and O–H groups in total. The van der Waals surface area contributed by atoms with Gasteiger partial charge in [0.25, 0.3) is 0 Å². The Morgan fingerprint density at radius 3 is 2.67 bits per heavy atom. The largest absolute Gasteiger partial charge is 0.468 e. The lowest BCUT2D eigenvalue weighted by Gasteiger charge is -2.05. The molecule has 0 bridgehead atoms. The van der Waals surface area contributed by atoms with Crippen molar-refractivity contribution in [2.45, 2.75) is 4.83 Å². The van der Waals surface area contributed by atoms with E-state index >= 15 is 0 Å². The normalized spacial score (nSPS) is 12.2. The summed E-state index contributed by atoms with van der Waals surface area (Å²) in [6.07, 6.45) is 3.26. The molecule has 0 saturated heterocycles. The molecule has 0 radical (unpaired) electrons. The third kappa shape index (κ3) is 2.04. The summed E-state index contributed by atoms with van der Waals surface area (Å²) in [5, 5.41) is 0. The van der Waals surface area contributed by atoms with Gasteiger partial charge in [-0.2, -0.15) is 0 Å². The first-order valence-electron chi connectivity index (χ1n) is 3.37. The Kier molecular flexibility index (Phi) is 3.22. The summed E-state index contributed by atoms with van der Waals surface area (Å²) in [6.45, 7) is 0. The fraction of sp³-hybridized carbons (Fsp3) is 0.250. The first kappa shape index (κ1) is 9.19. The number of pyridine rings is 1. The first-order chi connectivity index (χ1) is 5.75. The fourth-order valence-corrected chi connectivity index (χ4v) is 1.26. The lowest BCUT2D eigenvalue weighted by molar-refractivity contribution is -0.139. The number of hydrogen-bond donors (Lipinski definition) is 0. The number of carbonyl (C=O) groups excluding carboxylic acids is 1. The predicted octanol–water partition coefficient (Wildman–Crippen LogP) is 1.69. The zero-order valence-electron chi connectivity index (χ0n) is 6.53. The maximum atomic E-state index is 11.0. The standard InChI is InChI=1S/C8H8BrNO2/c1-12-8(11)7(9)6-2-4-10-5-3-6/h2-5,7H,1H3. The molecule has 0 amide bonds. The number of aromatic nitrogens is 1. The van der Waals surface area contributed by atoms with Crippen LogP contribution in [0.5, 0.6) is 0 Å². The van der Waals surface area contributed by atoms with Gasteiger partial charge in [-0.25, -0.2) is 0 Å². The van der Waals surface area contributed by atoms with Gasteiger partial charge in [0.05, 0.1) is 7.11 Å². The van der Waals surface area contributed by atoms with E-state index in [1.807, 2.05) is 0 Å². The second-order valence-electron chi connectivity index (χ2n) is 2.17. The van der Waals surface area contributed by atoms with E-state index in [9.17, 15) is 4.79 Å². The number of esters is 1. The number of halogens is 1. The van der Waals surface area contributed by atoms with Gasteiger partial charge < -0.3 is 4.74 Å². The number of carbonyl (C=O) groups is 1. The van der Waals surface area contributed by atoms with E-state index in [1.165, 1.54) is 7.11 Å². The molecule has 12 heavy (non-hydrogen) atoms. The molecule has 3 nitrogen and oxygen atoms in total. The van der Waals surface area contributed by atoms with Crippen LogP contribution < -0.4 is 0 Å². The van der Waals surface area contributed by atoms with Crippen LogP contribution >= 0.6 is 15.9 Å². The number of hydrogen-bond acceptors (Lipinski definition) is 3. The molecule has 0 aliphatic rings. The Hall–Kier alpha value is -0.900. The van der Waals surface area contributed by atoms with Crippen molar-refractivity contribution < 1.29 is 9.53 Å². The summed E-state index contributed by atoms with van der Waals surface area (Å²) in [5.74, 6) is -0.304. The van der Waals surface area contributed by atoms with Gasteiger partial charge in [-0.1, -0.05) is 15.9 Å². The molecule has 1 unspecified atom stereocenters. The van der Waals surface area contributed by atoms with Gasteiger partial charge >= 0.3 is 5.97 Å². The van der Waals surface area contributed by atoms with E-state index in [-0.39, 0.29) is 5.97 Å². The van der Waals surface area contributed by atoms with Crippen molar-refractivity contribution in [2.75, 3.05) is 7.11 Å². The van der Waals surface area contributed by atoms with Crippen LogP contribution in [0.4, 0.5) is 0 Å². The third-order valence-corrected chi connectivity index (χ3v) is 2.31. The monoisotopic (exact) mass is 229 g/mol. The van der Waals surface area contributed by atoms with Gasteiger partial charge in [-0.15, -0.1) is 0 Å². The quantitative estimate of drug-likeness (QED) is 0.573. The molecule has 0 spiro atoms. The van der Waals surface area contributed by atoms with E-state index in [0.717, 1.165) is 5.56 Å². The first-order valence-corrected chi connectivity index (χ1v) is 4.29. The summed E-state index contributed by atoms with van der Waals surface area (Å²) in [5.41, 5.74) is 0.844. The van der Waals surface area contributed by atoms with Crippen molar-refractivity contribution in [1.29, 1.82) is 0 Å². The number of ether oxygens (including phenoxy) is 1. The minimum atomic E-state index is -0.398. The molecule has 0 aliphatic carbocycles. The molecule has 1 aromatic rings. The van der Waals surface area contributed by atoms with Crippen LogP contribution in [0.2, 0.25) is 0 Å². The maximum Gasteiger partial charge on any atom is 0.324 e. The van der Waals surface area contributed by atoms with Crippen LogP contribution in [0, 0.1) is 0 Å². The summed E-state index contributed by atoms with van der Waals surface area (Å²) in [4.78, 5) is 14.5. The smallest absolute Gasteiger partial charge is 0.324 e. The molecule has 1 rings (SSSR count). The maximum absolute atomic E-state index is 11.0. The number of nitrogens with zero attached hydrogens (tertiary/aromatic N) is 1. The third-order valence-electron chi connectivity index (χ3n) is 1.41. The second kappa shape index (κ2) is 4.21. The van der Waals surface area contributed by atoms with E-state index < -0.39 is 4.83 Å². The number of alkyl halides is 1. The fourth-order valence-electron chi connectivity index (χ4n) is 0.772. The molecule has 64 valence electrons. The Morgan fingerprint density at radius 1 is 1.58 bits per heavy atom. The molecule has 0 saturated carbocycles. The van der Waals surface area contributed by atoms with Crippen LogP contribution in [-0.4, -0.2) is 18.1 Å². The van der Waals surface area contributed by atoms with Crippen LogP contribution in [0.3, 0.4) is 0 Å². The van der Waals surface area contributed by atoms with Crippen molar-refractivity contribution in [1.82, 2.24) is 4.98 Å². The van der Waals surface area contributed by atoms with Crippen molar-refractivity contribution in [3.05, 3.63) is 30.1 Å². The Bertz CT molecular complexity index is 263. The van der Waals surface area contributed by atoms with Gasteiger partial charge in [-0.05, 0) is 17.7 Å². The highest BCUT2D eigenvalue weighted by molar-refractivity contribution is 9.09. The SMILES string of the molecule is COC(=O)C(Br)c1ccncc1. The minimum absolute atomic E-state index is 0.304. The van der Waals surface area contributed by atoms with Crippen molar-refractivity contribution in [2.24, 2.45) is 0 Å². The number of rotatable bonds is 2. The van der Waals surface area contributed by atoms with Gasteiger partial charge in [-0.3, -0.25) is 9.78 Å². The Morgan fingerprint density at radius 2 is 2.17 bits per heavy atom.